The Hall–Kier alpha value is -4.44. The van der Waals surface area contributed by atoms with E-state index in [-0.39, 0.29) is 28.7 Å². The number of carbonyl (C=O) groups excluding carboxylic acids is 1. The molecule has 5 aromatic rings. The standard InChI is InChI=1S/C57H73ClF3N5O7S3Si/c1-8-64(9-2)38-47-39-65(35-36-72-47)32-31-45(40-74-48-15-11-10-12-16-48)62-52-28-27-49(37-53(52)75(68,69)57(59,60)61)76(70,71)63-55(67)43-21-25-46(26-22-43)66-33-29-42(30-34-66)54(73-77(6,7)56(3,4)5)51-18-14-13-17-50(51)41-19-23-44(58)24-20-41/h10-28,37,42,45,47,54,62H,8-9,29-36,38-40H2,1-7H3,(H,63,67)/t45-,47?,54?/m1/s1. The summed E-state index contributed by atoms with van der Waals surface area (Å²) in [5.74, 6) is -0.496. The van der Waals surface area contributed by atoms with Gasteiger partial charge in [-0.3, -0.25) is 9.69 Å². The summed E-state index contributed by atoms with van der Waals surface area (Å²) >= 11 is 7.73. The maximum atomic E-state index is 14.4. The molecular formula is C57H73ClF3N5O7S3Si. The predicted octanol–water partition coefficient (Wildman–Crippen LogP) is 12.4. The van der Waals surface area contributed by atoms with Crippen molar-refractivity contribution < 1.29 is 44.0 Å². The number of anilines is 2. The normalized spacial score (nSPS) is 17.3. The van der Waals surface area contributed by atoms with Crippen LogP contribution < -0.4 is 14.9 Å². The Bertz CT molecular complexity index is 2980. The van der Waals surface area contributed by atoms with Crippen LogP contribution in [-0.4, -0.2) is 123 Å². The van der Waals surface area contributed by atoms with E-state index in [2.05, 4.69) is 85.9 Å². The van der Waals surface area contributed by atoms with E-state index in [0.717, 1.165) is 71.9 Å². The summed E-state index contributed by atoms with van der Waals surface area (Å²) in [7, 11) is -13.3. The van der Waals surface area contributed by atoms with Crippen molar-refractivity contribution >= 4 is 68.8 Å². The molecule has 20 heteroatoms. The first-order chi connectivity index (χ1) is 36.4. The lowest BCUT2D eigenvalue weighted by Crippen LogP contribution is -2.48. The number of piperidine rings is 1. The van der Waals surface area contributed by atoms with Gasteiger partial charge in [-0.15, -0.1) is 11.8 Å². The lowest BCUT2D eigenvalue weighted by atomic mass is 9.84. The first-order valence-corrected chi connectivity index (χ1v) is 33.5. The molecule has 2 aliphatic heterocycles. The molecule has 1 amide bonds. The fourth-order valence-electron chi connectivity index (χ4n) is 9.54. The predicted molar refractivity (Wildman–Crippen MR) is 307 cm³/mol. The molecule has 0 aliphatic carbocycles. The van der Waals surface area contributed by atoms with Crippen molar-refractivity contribution in [2.24, 2.45) is 5.92 Å². The largest absolute Gasteiger partial charge is 0.501 e. The molecule has 0 bridgehead atoms. The lowest BCUT2D eigenvalue weighted by Gasteiger charge is -2.44. The monoisotopic (exact) mass is 1160 g/mol. The minimum atomic E-state index is -6.10. The van der Waals surface area contributed by atoms with E-state index in [4.69, 9.17) is 20.8 Å². The van der Waals surface area contributed by atoms with Gasteiger partial charge in [-0.25, -0.2) is 21.6 Å². The molecule has 2 aliphatic rings. The van der Waals surface area contributed by atoms with Crippen molar-refractivity contribution in [2.45, 2.75) is 110 Å². The van der Waals surface area contributed by atoms with Crippen LogP contribution in [0.1, 0.15) is 75.9 Å². The molecule has 2 unspecified atom stereocenters. The topological polar surface area (TPSA) is 138 Å². The second-order valence-corrected chi connectivity index (χ2v) is 31.2. The number of hydrogen-bond acceptors (Lipinski definition) is 12. The van der Waals surface area contributed by atoms with Gasteiger partial charge in [0.25, 0.3) is 25.8 Å². The SMILES string of the molecule is CCN(CC)CC1CN(CC[C@H](CSc2ccccc2)Nc2ccc(S(=O)(=O)NC(=O)c3ccc(N4CCC(C(O[Si](C)(C)C(C)(C)C)c5ccccc5-c5ccc(Cl)cc5)CC4)cc3)cc2S(=O)(=O)C(F)(F)F)CCO1. The molecule has 7 rings (SSSR count). The number of sulfone groups is 1. The van der Waals surface area contributed by atoms with Crippen LogP contribution in [-0.2, 0) is 29.0 Å². The van der Waals surface area contributed by atoms with Crippen LogP contribution in [0.15, 0.2) is 136 Å². The highest BCUT2D eigenvalue weighted by Gasteiger charge is 2.49. The van der Waals surface area contributed by atoms with Crippen molar-refractivity contribution in [3.63, 3.8) is 0 Å². The van der Waals surface area contributed by atoms with Crippen LogP contribution in [0.5, 0.6) is 0 Å². The minimum absolute atomic E-state index is 0.0197. The number of likely N-dealkylation sites (N-methyl/N-ethyl adjacent to an activating group) is 1. The number of morpholine rings is 1. The molecule has 2 saturated heterocycles. The van der Waals surface area contributed by atoms with Crippen molar-refractivity contribution in [3.8, 4) is 11.1 Å². The summed E-state index contributed by atoms with van der Waals surface area (Å²) in [5, 5.41) is 3.69. The molecular weight excluding hydrogens is 1080 g/mol. The molecule has 2 fully saturated rings. The molecule has 418 valence electrons. The zero-order valence-corrected chi connectivity index (χ0v) is 49.2. The van der Waals surface area contributed by atoms with E-state index in [1.54, 1.807) is 12.1 Å². The fraction of sp³-hybridized carbons (Fsp3) is 0.456. The van der Waals surface area contributed by atoms with Gasteiger partial charge in [0.1, 0.15) is 4.90 Å². The van der Waals surface area contributed by atoms with E-state index in [1.165, 1.54) is 23.9 Å². The number of sulfonamides is 1. The molecule has 2 heterocycles. The second kappa shape index (κ2) is 25.8. The summed E-state index contributed by atoms with van der Waals surface area (Å²) in [5.41, 5.74) is -2.09. The van der Waals surface area contributed by atoms with Crippen molar-refractivity contribution in [1.82, 2.24) is 14.5 Å². The number of carbonyl (C=O) groups is 1. The summed E-state index contributed by atoms with van der Waals surface area (Å²) < 4.78 is 113. The van der Waals surface area contributed by atoms with E-state index < -0.39 is 61.1 Å². The second-order valence-electron chi connectivity index (χ2n) is 21.3. The zero-order chi connectivity index (χ0) is 55.8. The Balaban J connectivity index is 1.05. The third kappa shape index (κ3) is 15.5. The van der Waals surface area contributed by atoms with Crippen LogP contribution in [0.25, 0.3) is 11.1 Å². The Morgan fingerprint density at radius 2 is 1.52 bits per heavy atom. The smallest absolute Gasteiger partial charge is 0.410 e. The minimum Gasteiger partial charge on any atom is -0.410 e. The summed E-state index contributed by atoms with van der Waals surface area (Å²) in [6.07, 6.45) is 1.86. The number of rotatable bonds is 22. The number of nitrogens with one attached hydrogen (secondary N) is 2. The van der Waals surface area contributed by atoms with Gasteiger partial charge >= 0.3 is 5.51 Å². The number of amides is 1. The lowest BCUT2D eigenvalue weighted by molar-refractivity contribution is -0.0436. The van der Waals surface area contributed by atoms with E-state index >= 15 is 0 Å². The van der Waals surface area contributed by atoms with E-state index in [9.17, 15) is 34.8 Å². The molecule has 0 spiro atoms. The van der Waals surface area contributed by atoms with Crippen molar-refractivity contribution in [2.75, 3.05) is 74.9 Å². The molecule has 0 radical (unpaired) electrons. The van der Waals surface area contributed by atoms with Crippen LogP contribution >= 0.6 is 23.4 Å². The number of nitrogens with zero attached hydrogens (tertiary/aromatic N) is 3. The maximum Gasteiger partial charge on any atom is 0.501 e. The molecule has 2 N–H and O–H groups in total. The summed E-state index contributed by atoms with van der Waals surface area (Å²) in [6.45, 7) is 21.7. The molecule has 3 atom stereocenters. The quantitative estimate of drug-likeness (QED) is 0.0504. The van der Waals surface area contributed by atoms with Gasteiger partial charge in [-0.2, -0.15) is 13.2 Å². The van der Waals surface area contributed by atoms with Crippen molar-refractivity contribution in [3.05, 3.63) is 137 Å². The Kier molecular flexibility index (Phi) is 20.2. The first-order valence-electron chi connectivity index (χ1n) is 26.3. The number of benzene rings is 5. The maximum absolute atomic E-state index is 14.4. The molecule has 77 heavy (non-hydrogen) atoms. The van der Waals surface area contributed by atoms with Gasteiger partial charge in [0.2, 0.25) is 0 Å². The highest BCUT2D eigenvalue weighted by atomic mass is 35.5. The van der Waals surface area contributed by atoms with Gasteiger partial charge in [0.15, 0.2) is 8.32 Å². The van der Waals surface area contributed by atoms with Gasteiger partial charge in [0.05, 0.1) is 29.4 Å². The average Bonchev–Trinajstić information content (AvgIpc) is 3.41. The van der Waals surface area contributed by atoms with Gasteiger partial charge in [0, 0.05) is 72.2 Å². The first kappa shape index (κ1) is 60.2. The Labute approximate surface area is 464 Å². The number of alkyl halides is 3. The number of halogens is 4. The third-order valence-corrected chi connectivity index (χ3v) is 23.9. The van der Waals surface area contributed by atoms with Crippen molar-refractivity contribution in [1.29, 1.82) is 0 Å². The Morgan fingerprint density at radius 3 is 2.16 bits per heavy atom. The van der Waals surface area contributed by atoms with Crippen LogP contribution in [0.4, 0.5) is 24.5 Å². The van der Waals surface area contributed by atoms with Gasteiger partial charge < -0.3 is 24.3 Å². The van der Waals surface area contributed by atoms with Crippen LogP contribution in [0.3, 0.4) is 0 Å². The third-order valence-electron chi connectivity index (χ3n) is 15.1. The zero-order valence-electron chi connectivity index (χ0n) is 45.0. The molecule has 0 saturated carbocycles. The average molecular weight is 1160 g/mol. The number of thioether (sulfide) groups is 1. The highest BCUT2D eigenvalue weighted by Crippen LogP contribution is 2.46. The fourth-order valence-corrected chi connectivity index (χ4v) is 14.0. The summed E-state index contributed by atoms with van der Waals surface area (Å²) in [6, 6.07) is 34.0. The van der Waals surface area contributed by atoms with E-state index in [1.807, 2.05) is 65.4 Å². The van der Waals surface area contributed by atoms with E-state index in [0.29, 0.717) is 62.6 Å². The highest BCUT2D eigenvalue weighted by molar-refractivity contribution is 7.99. The Morgan fingerprint density at radius 1 is 0.870 bits per heavy atom. The molecule has 5 aromatic carbocycles. The molecule has 0 aromatic heterocycles. The molecule has 12 nitrogen and oxygen atoms in total. The number of ether oxygens (including phenoxy) is 1. The van der Waals surface area contributed by atoms with Crippen LogP contribution in [0.2, 0.25) is 23.2 Å². The van der Waals surface area contributed by atoms with Gasteiger partial charge in [-0.1, -0.05) is 101 Å². The van der Waals surface area contributed by atoms with Crippen LogP contribution in [0, 0.1) is 5.92 Å². The summed E-state index contributed by atoms with van der Waals surface area (Å²) in [4.78, 5) is 19.1. The number of hydrogen-bond donors (Lipinski definition) is 2. The van der Waals surface area contributed by atoms with Gasteiger partial charge in [-0.05, 0) is 140 Å².